The number of carbonyl (C=O) groups excluding carboxylic acids is 1. The van der Waals surface area contributed by atoms with Gasteiger partial charge in [0.1, 0.15) is 5.75 Å². The van der Waals surface area contributed by atoms with Gasteiger partial charge in [-0.2, -0.15) is 0 Å². The average Bonchev–Trinajstić information content (AvgIpc) is 2.92. The zero-order valence-electron chi connectivity index (χ0n) is 10.7. The molecule has 0 bridgehead atoms. The molecule has 1 aromatic carbocycles. The molecule has 2 aromatic rings. The molecule has 1 amide bonds. The Morgan fingerprint density at radius 3 is 2.84 bits per heavy atom. The number of hydrogen-bond acceptors (Lipinski definition) is 4. The van der Waals surface area contributed by atoms with Gasteiger partial charge in [-0.3, -0.25) is 4.79 Å². The molecule has 2 N–H and O–H groups in total. The maximum absolute atomic E-state index is 11.8. The lowest BCUT2D eigenvalue weighted by Gasteiger charge is -2.10. The standard InChI is InChI=1S/C14H16N2O2S/c1-18-13-7-3-2-6-12(13)16-14(17)10-15-9-11-5-4-8-19-11/h2-8,15H,9-10H2,1H3,(H,16,17). The maximum atomic E-state index is 11.8. The zero-order valence-corrected chi connectivity index (χ0v) is 11.5. The molecule has 0 atom stereocenters. The van der Waals surface area contributed by atoms with E-state index in [2.05, 4.69) is 10.6 Å². The lowest BCUT2D eigenvalue weighted by Crippen LogP contribution is -2.27. The second-order valence-corrected chi connectivity index (χ2v) is 4.96. The van der Waals surface area contributed by atoms with Gasteiger partial charge in [-0.1, -0.05) is 18.2 Å². The van der Waals surface area contributed by atoms with Crippen LogP contribution in [0, 0.1) is 0 Å². The third-order valence-electron chi connectivity index (χ3n) is 2.55. The molecule has 0 aliphatic heterocycles. The molecule has 0 radical (unpaired) electrons. The second kappa shape index (κ2) is 6.92. The molecule has 0 saturated heterocycles. The Hall–Kier alpha value is -1.85. The number of methoxy groups -OCH3 is 1. The first kappa shape index (κ1) is 13.6. The molecule has 1 heterocycles. The van der Waals surface area contributed by atoms with Crippen LogP contribution < -0.4 is 15.4 Å². The summed E-state index contributed by atoms with van der Waals surface area (Å²) in [7, 11) is 1.58. The Labute approximate surface area is 116 Å². The van der Waals surface area contributed by atoms with E-state index in [9.17, 15) is 4.79 Å². The van der Waals surface area contributed by atoms with Crippen molar-refractivity contribution < 1.29 is 9.53 Å². The Kier molecular flexibility index (Phi) is 4.94. The van der Waals surface area contributed by atoms with E-state index >= 15 is 0 Å². The number of rotatable bonds is 6. The minimum Gasteiger partial charge on any atom is -0.495 e. The number of ether oxygens (including phenoxy) is 1. The summed E-state index contributed by atoms with van der Waals surface area (Å²) >= 11 is 1.67. The summed E-state index contributed by atoms with van der Waals surface area (Å²) in [5.41, 5.74) is 0.688. The van der Waals surface area contributed by atoms with Gasteiger partial charge in [0.25, 0.3) is 0 Å². The van der Waals surface area contributed by atoms with Crippen molar-refractivity contribution in [1.82, 2.24) is 5.32 Å². The number of nitrogens with one attached hydrogen (secondary N) is 2. The van der Waals surface area contributed by atoms with Crippen LogP contribution >= 0.6 is 11.3 Å². The third-order valence-corrected chi connectivity index (χ3v) is 3.42. The summed E-state index contributed by atoms with van der Waals surface area (Å²) in [6, 6.07) is 11.4. The summed E-state index contributed by atoms with van der Waals surface area (Å²) in [5.74, 6) is 0.579. The number of carbonyl (C=O) groups is 1. The fraction of sp³-hybridized carbons (Fsp3) is 0.214. The molecule has 0 spiro atoms. The van der Waals surface area contributed by atoms with E-state index in [1.165, 1.54) is 4.88 Å². The van der Waals surface area contributed by atoms with Crippen LogP contribution in [-0.4, -0.2) is 19.6 Å². The number of para-hydroxylation sites is 2. The van der Waals surface area contributed by atoms with Gasteiger partial charge < -0.3 is 15.4 Å². The molecule has 0 aliphatic carbocycles. The van der Waals surface area contributed by atoms with E-state index in [1.807, 2.05) is 41.8 Å². The summed E-state index contributed by atoms with van der Waals surface area (Å²) in [5, 5.41) is 7.94. The minimum atomic E-state index is -0.0824. The van der Waals surface area contributed by atoms with Crippen LogP contribution in [0.2, 0.25) is 0 Å². The van der Waals surface area contributed by atoms with Crippen LogP contribution in [0.3, 0.4) is 0 Å². The van der Waals surface area contributed by atoms with E-state index in [-0.39, 0.29) is 12.5 Å². The van der Waals surface area contributed by atoms with Crippen molar-refractivity contribution >= 4 is 22.9 Å². The lowest BCUT2D eigenvalue weighted by atomic mass is 10.3. The molecule has 0 aliphatic rings. The zero-order chi connectivity index (χ0) is 13.5. The fourth-order valence-corrected chi connectivity index (χ4v) is 2.33. The number of benzene rings is 1. The van der Waals surface area contributed by atoms with Crippen molar-refractivity contribution in [1.29, 1.82) is 0 Å². The highest BCUT2D eigenvalue weighted by Gasteiger charge is 2.06. The van der Waals surface area contributed by atoms with Crippen molar-refractivity contribution in [2.24, 2.45) is 0 Å². The van der Waals surface area contributed by atoms with Crippen LogP contribution in [0.4, 0.5) is 5.69 Å². The van der Waals surface area contributed by atoms with Crippen molar-refractivity contribution in [3.8, 4) is 5.75 Å². The first-order valence-corrected chi connectivity index (χ1v) is 6.83. The topological polar surface area (TPSA) is 50.4 Å². The van der Waals surface area contributed by atoms with Gasteiger partial charge in [0.2, 0.25) is 5.91 Å². The van der Waals surface area contributed by atoms with E-state index in [4.69, 9.17) is 4.74 Å². The maximum Gasteiger partial charge on any atom is 0.238 e. The summed E-state index contributed by atoms with van der Waals surface area (Å²) in [6.45, 7) is 0.979. The van der Waals surface area contributed by atoms with Crippen LogP contribution in [-0.2, 0) is 11.3 Å². The Balaban J connectivity index is 1.80. The van der Waals surface area contributed by atoms with E-state index < -0.39 is 0 Å². The Morgan fingerprint density at radius 1 is 1.26 bits per heavy atom. The number of hydrogen-bond donors (Lipinski definition) is 2. The summed E-state index contributed by atoms with van der Waals surface area (Å²) < 4.78 is 5.18. The predicted molar refractivity (Wildman–Crippen MR) is 77.6 cm³/mol. The van der Waals surface area contributed by atoms with Crippen LogP contribution in [0.5, 0.6) is 5.75 Å². The van der Waals surface area contributed by atoms with Gasteiger partial charge in [-0.05, 0) is 23.6 Å². The van der Waals surface area contributed by atoms with Gasteiger partial charge in [0.15, 0.2) is 0 Å². The first-order valence-electron chi connectivity index (χ1n) is 5.95. The molecule has 100 valence electrons. The van der Waals surface area contributed by atoms with Gasteiger partial charge in [-0.15, -0.1) is 11.3 Å². The molecule has 4 nitrogen and oxygen atoms in total. The van der Waals surface area contributed by atoms with Crippen LogP contribution in [0.1, 0.15) is 4.88 Å². The highest BCUT2D eigenvalue weighted by atomic mass is 32.1. The summed E-state index contributed by atoms with van der Waals surface area (Å²) in [4.78, 5) is 13.0. The van der Waals surface area contributed by atoms with E-state index in [0.717, 1.165) is 0 Å². The van der Waals surface area contributed by atoms with Crippen molar-refractivity contribution in [2.75, 3.05) is 19.0 Å². The van der Waals surface area contributed by atoms with Crippen molar-refractivity contribution in [3.05, 3.63) is 46.7 Å². The van der Waals surface area contributed by atoms with Crippen molar-refractivity contribution in [2.45, 2.75) is 6.54 Å². The first-order chi connectivity index (χ1) is 9.29. The molecule has 5 heteroatoms. The fourth-order valence-electron chi connectivity index (χ4n) is 1.65. The SMILES string of the molecule is COc1ccccc1NC(=O)CNCc1cccs1. The number of amides is 1. The predicted octanol–water partition coefficient (Wildman–Crippen LogP) is 2.49. The molecular weight excluding hydrogens is 260 g/mol. The van der Waals surface area contributed by atoms with Crippen molar-refractivity contribution in [3.63, 3.8) is 0 Å². The third kappa shape index (κ3) is 4.08. The van der Waals surface area contributed by atoms with Gasteiger partial charge in [0, 0.05) is 11.4 Å². The van der Waals surface area contributed by atoms with Crippen LogP contribution in [0.25, 0.3) is 0 Å². The number of anilines is 1. The molecule has 0 unspecified atom stereocenters. The Bertz CT molecular complexity index is 526. The quantitative estimate of drug-likeness (QED) is 0.852. The second-order valence-electron chi connectivity index (χ2n) is 3.93. The number of thiophene rings is 1. The molecule has 0 fully saturated rings. The molecule has 2 rings (SSSR count). The highest BCUT2D eigenvalue weighted by molar-refractivity contribution is 7.09. The normalized spacial score (nSPS) is 10.2. The highest BCUT2D eigenvalue weighted by Crippen LogP contribution is 2.22. The van der Waals surface area contributed by atoms with Gasteiger partial charge in [-0.25, -0.2) is 0 Å². The molecule has 0 saturated carbocycles. The molecule has 1 aromatic heterocycles. The van der Waals surface area contributed by atoms with Gasteiger partial charge >= 0.3 is 0 Å². The van der Waals surface area contributed by atoms with Gasteiger partial charge in [0.05, 0.1) is 19.3 Å². The summed E-state index contributed by atoms with van der Waals surface area (Å²) in [6.07, 6.45) is 0. The van der Waals surface area contributed by atoms with Crippen LogP contribution in [0.15, 0.2) is 41.8 Å². The monoisotopic (exact) mass is 276 g/mol. The largest absolute Gasteiger partial charge is 0.495 e. The van der Waals surface area contributed by atoms with E-state index in [1.54, 1.807) is 18.4 Å². The minimum absolute atomic E-state index is 0.0824. The average molecular weight is 276 g/mol. The van der Waals surface area contributed by atoms with E-state index in [0.29, 0.717) is 18.0 Å². The lowest BCUT2D eigenvalue weighted by molar-refractivity contribution is -0.115. The molecule has 19 heavy (non-hydrogen) atoms. The molecular formula is C14H16N2O2S. The Morgan fingerprint density at radius 2 is 2.11 bits per heavy atom. The smallest absolute Gasteiger partial charge is 0.238 e.